The number of hydrogen-bond donors (Lipinski definition) is 3. The summed E-state index contributed by atoms with van der Waals surface area (Å²) in [4.78, 5) is 43.4. The number of rotatable bonds is 11. The van der Waals surface area contributed by atoms with E-state index in [-0.39, 0.29) is 17.4 Å². The van der Waals surface area contributed by atoms with Gasteiger partial charge in [0.1, 0.15) is 5.70 Å². The molecule has 3 amide bonds. The molecule has 0 aliphatic heterocycles. The molecule has 204 valence electrons. The zero-order valence-electron chi connectivity index (χ0n) is 21.2. The van der Waals surface area contributed by atoms with E-state index in [1.54, 1.807) is 78.9 Å². The van der Waals surface area contributed by atoms with Crippen molar-refractivity contribution in [2.75, 3.05) is 22.1 Å². The van der Waals surface area contributed by atoms with Gasteiger partial charge in [-0.05, 0) is 59.9 Å². The van der Waals surface area contributed by atoms with Gasteiger partial charge in [0.2, 0.25) is 16.2 Å². The largest absolute Gasteiger partial charge is 0.321 e. The first-order valence-corrected chi connectivity index (χ1v) is 15.2. The molecule has 0 aliphatic carbocycles. The van der Waals surface area contributed by atoms with Crippen LogP contribution < -0.4 is 16.0 Å². The maximum atomic E-state index is 13.2. The third kappa shape index (κ3) is 8.68. The molecule has 1 aromatic heterocycles. The van der Waals surface area contributed by atoms with Gasteiger partial charge in [-0.15, -0.1) is 11.8 Å². The molecule has 3 aromatic carbocycles. The molecule has 0 spiro atoms. The summed E-state index contributed by atoms with van der Waals surface area (Å²) in [6.07, 6.45) is 1.53. The average Bonchev–Trinajstić information content (AvgIpc) is 3.40. The highest BCUT2D eigenvalue weighted by Crippen LogP contribution is 2.23. The molecule has 0 atom stereocenters. The quantitative estimate of drug-likeness (QED) is 0.132. The monoisotopic (exact) mass is 609 g/mol. The Morgan fingerprint density at radius 3 is 2.38 bits per heavy atom. The topological polar surface area (TPSA) is 113 Å². The molecule has 0 unspecified atom stereocenters. The number of hydrogen-bond acceptors (Lipinski definition) is 8. The molecule has 8 nitrogen and oxygen atoms in total. The van der Waals surface area contributed by atoms with E-state index in [0.717, 1.165) is 22.2 Å². The number of halogens is 1. The minimum atomic E-state index is -0.512. The molecule has 3 N–H and O–H groups in total. The van der Waals surface area contributed by atoms with Crippen LogP contribution in [0.15, 0.2) is 94.6 Å². The van der Waals surface area contributed by atoms with Crippen LogP contribution in [0.4, 0.5) is 10.8 Å². The number of anilines is 2. The van der Waals surface area contributed by atoms with Gasteiger partial charge in [0.25, 0.3) is 11.8 Å². The normalized spacial score (nSPS) is 11.1. The van der Waals surface area contributed by atoms with Gasteiger partial charge in [0, 0.05) is 32.7 Å². The molecular formula is C28H24ClN5O3S3. The molecule has 40 heavy (non-hydrogen) atoms. The molecular weight excluding hydrogens is 586 g/mol. The van der Waals surface area contributed by atoms with Gasteiger partial charge in [0.05, 0.1) is 5.75 Å². The highest BCUT2D eigenvalue weighted by molar-refractivity contribution is 8.00. The van der Waals surface area contributed by atoms with Crippen molar-refractivity contribution in [2.45, 2.75) is 17.0 Å². The molecule has 0 bridgehead atoms. The summed E-state index contributed by atoms with van der Waals surface area (Å²) in [5.41, 5.74) is 1.56. The van der Waals surface area contributed by atoms with Crippen LogP contribution in [0.1, 0.15) is 22.8 Å². The third-order valence-corrected chi connectivity index (χ3v) is 7.97. The van der Waals surface area contributed by atoms with Crippen LogP contribution in [0.5, 0.6) is 0 Å². The van der Waals surface area contributed by atoms with Crippen molar-refractivity contribution >= 4 is 81.3 Å². The third-order valence-electron chi connectivity index (χ3n) is 5.14. The van der Waals surface area contributed by atoms with Crippen molar-refractivity contribution in [3.05, 3.63) is 101 Å². The second-order valence-corrected chi connectivity index (χ2v) is 11.5. The van der Waals surface area contributed by atoms with Crippen LogP contribution in [0.3, 0.4) is 0 Å². The molecule has 1 heterocycles. The Morgan fingerprint density at radius 1 is 0.925 bits per heavy atom. The number of aromatic nitrogens is 2. The lowest BCUT2D eigenvalue weighted by Crippen LogP contribution is -2.30. The smallest absolute Gasteiger partial charge is 0.272 e. The van der Waals surface area contributed by atoms with E-state index in [1.807, 2.05) is 6.92 Å². The van der Waals surface area contributed by atoms with Crippen molar-refractivity contribution < 1.29 is 14.4 Å². The minimum absolute atomic E-state index is 0.0363. The average molecular weight is 610 g/mol. The fraction of sp³-hybridized carbons (Fsp3) is 0.107. The van der Waals surface area contributed by atoms with Gasteiger partial charge < -0.3 is 10.6 Å². The highest BCUT2D eigenvalue weighted by Gasteiger charge is 2.16. The minimum Gasteiger partial charge on any atom is -0.321 e. The second kappa shape index (κ2) is 14.7. The number of carbonyl (C=O) groups is 3. The van der Waals surface area contributed by atoms with Gasteiger partial charge in [-0.25, -0.2) is 0 Å². The fourth-order valence-corrected chi connectivity index (χ4v) is 5.45. The number of benzene rings is 3. The van der Waals surface area contributed by atoms with Crippen LogP contribution in [0.2, 0.25) is 5.02 Å². The predicted octanol–water partition coefficient (Wildman–Crippen LogP) is 6.44. The van der Waals surface area contributed by atoms with E-state index in [2.05, 4.69) is 25.3 Å². The Labute approximate surface area is 249 Å². The molecule has 0 radical (unpaired) electrons. The summed E-state index contributed by atoms with van der Waals surface area (Å²) in [7, 11) is 0. The Bertz CT molecular complexity index is 1510. The van der Waals surface area contributed by atoms with Crippen LogP contribution in [0, 0.1) is 0 Å². The van der Waals surface area contributed by atoms with Crippen molar-refractivity contribution in [2.24, 2.45) is 0 Å². The van der Waals surface area contributed by atoms with E-state index >= 15 is 0 Å². The Kier molecular flexibility index (Phi) is 10.8. The SMILES string of the molecule is CCSc1nsc(NC(=O)CSc2ccc(NC(=O)/C(=C/c3ccccc3Cl)NC(=O)c3ccccc3)cc2)n1. The highest BCUT2D eigenvalue weighted by atomic mass is 35.5. The van der Waals surface area contributed by atoms with E-state index in [1.165, 1.54) is 29.6 Å². The lowest BCUT2D eigenvalue weighted by molar-refractivity contribution is -0.114. The number of amides is 3. The van der Waals surface area contributed by atoms with Crippen LogP contribution >= 0.6 is 46.7 Å². The number of thioether (sulfide) groups is 2. The van der Waals surface area contributed by atoms with Crippen molar-refractivity contribution in [1.82, 2.24) is 14.7 Å². The van der Waals surface area contributed by atoms with Crippen LogP contribution in [0.25, 0.3) is 6.08 Å². The van der Waals surface area contributed by atoms with Crippen LogP contribution in [-0.2, 0) is 9.59 Å². The van der Waals surface area contributed by atoms with Gasteiger partial charge in [0.15, 0.2) is 0 Å². The number of carbonyl (C=O) groups excluding carboxylic acids is 3. The maximum Gasteiger partial charge on any atom is 0.272 e. The summed E-state index contributed by atoms with van der Waals surface area (Å²) < 4.78 is 4.19. The van der Waals surface area contributed by atoms with Gasteiger partial charge in [-0.3, -0.25) is 19.7 Å². The molecule has 0 aliphatic rings. The molecule has 0 saturated heterocycles. The summed E-state index contributed by atoms with van der Waals surface area (Å²) in [6.45, 7) is 2.01. The molecule has 0 fully saturated rings. The van der Waals surface area contributed by atoms with E-state index in [0.29, 0.717) is 32.1 Å². The van der Waals surface area contributed by atoms with E-state index in [4.69, 9.17) is 11.6 Å². The van der Waals surface area contributed by atoms with Gasteiger partial charge >= 0.3 is 0 Å². The van der Waals surface area contributed by atoms with Crippen LogP contribution in [-0.4, -0.2) is 38.6 Å². The predicted molar refractivity (Wildman–Crippen MR) is 164 cm³/mol. The molecule has 12 heteroatoms. The molecule has 4 rings (SSSR count). The number of nitrogens with one attached hydrogen (secondary N) is 3. The Morgan fingerprint density at radius 2 is 1.65 bits per heavy atom. The first kappa shape index (κ1) is 29.3. The van der Waals surface area contributed by atoms with Crippen molar-refractivity contribution in [3.8, 4) is 0 Å². The molecule has 0 saturated carbocycles. The van der Waals surface area contributed by atoms with Crippen molar-refractivity contribution in [1.29, 1.82) is 0 Å². The van der Waals surface area contributed by atoms with E-state index in [9.17, 15) is 14.4 Å². The summed E-state index contributed by atoms with van der Waals surface area (Å²) in [6, 6.07) is 22.7. The Hall–Kier alpha value is -3.64. The maximum absolute atomic E-state index is 13.2. The summed E-state index contributed by atoms with van der Waals surface area (Å²) in [5, 5.41) is 9.82. The standard InChI is InChI=1S/C28H24ClN5O3S3/c1-2-38-28-33-27(40-34-28)32-24(35)17-39-21-14-12-20(13-15-21)30-26(37)23(16-19-10-6-7-11-22(19)29)31-25(36)18-8-4-3-5-9-18/h3-16H,2,17H2,1H3,(H,30,37)(H,31,36)(H,32,33,34,35)/b23-16-. The second-order valence-electron chi connectivity index (χ2n) is 8.03. The summed E-state index contributed by atoms with van der Waals surface area (Å²) in [5.74, 6) is -0.0696. The van der Waals surface area contributed by atoms with Gasteiger partial charge in [-0.2, -0.15) is 9.36 Å². The zero-order valence-corrected chi connectivity index (χ0v) is 24.4. The fourth-order valence-electron chi connectivity index (χ4n) is 3.28. The zero-order chi connectivity index (χ0) is 28.3. The first-order valence-electron chi connectivity index (χ1n) is 12.0. The lowest BCUT2D eigenvalue weighted by atomic mass is 10.1. The Balaban J connectivity index is 1.38. The summed E-state index contributed by atoms with van der Waals surface area (Å²) >= 11 is 10.3. The van der Waals surface area contributed by atoms with Gasteiger partial charge in [-0.1, -0.05) is 66.7 Å². The lowest BCUT2D eigenvalue weighted by Gasteiger charge is -2.12. The number of nitrogens with zero attached hydrogens (tertiary/aromatic N) is 2. The van der Waals surface area contributed by atoms with Crippen molar-refractivity contribution in [3.63, 3.8) is 0 Å². The molecule has 4 aromatic rings. The van der Waals surface area contributed by atoms with E-state index < -0.39 is 11.8 Å². The first-order chi connectivity index (χ1) is 19.4.